The highest BCUT2D eigenvalue weighted by atomic mass is 35.7. The molecule has 0 spiro atoms. The van der Waals surface area contributed by atoms with Crippen LogP contribution in [0.3, 0.4) is 0 Å². The molecule has 16 heavy (non-hydrogen) atoms. The first-order valence-corrected chi connectivity index (χ1v) is 7.93. The highest BCUT2D eigenvalue weighted by molar-refractivity contribution is 8.13. The van der Waals surface area contributed by atoms with E-state index in [-0.39, 0.29) is 11.7 Å². The van der Waals surface area contributed by atoms with Crippen molar-refractivity contribution in [2.75, 3.05) is 5.75 Å². The third kappa shape index (κ3) is 2.77. The Labute approximate surface area is 101 Å². The van der Waals surface area contributed by atoms with Crippen molar-refractivity contribution in [1.29, 1.82) is 0 Å². The average molecular weight is 259 g/mol. The Kier molecular flexibility index (Phi) is 3.27. The summed E-state index contributed by atoms with van der Waals surface area (Å²) in [6.07, 6.45) is 2.73. The lowest BCUT2D eigenvalue weighted by molar-refractivity contribution is 0.494. The van der Waals surface area contributed by atoms with E-state index in [2.05, 4.69) is 19.1 Å². The van der Waals surface area contributed by atoms with Crippen LogP contribution in [-0.2, 0) is 21.9 Å². The summed E-state index contributed by atoms with van der Waals surface area (Å²) in [4.78, 5) is 0. The van der Waals surface area contributed by atoms with Crippen molar-refractivity contribution in [3.8, 4) is 0 Å². The SMILES string of the molecule is Cc1cccc2c1CCC(CS(=O)(=O)Cl)C2. The fourth-order valence-corrected chi connectivity index (χ4v) is 3.88. The number of halogens is 1. The topological polar surface area (TPSA) is 34.1 Å². The molecule has 0 heterocycles. The zero-order valence-corrected chi connectivity index (χ0v) is 10.8. The summed E-state index contributed by atoms with van der Waals surface area (Å²) in [5.74, 6) is 0.277. The van der Waals surface area contributed by atoms with Gasteiger partial charge in [-0.3, -0.25) is 0 Å². The summed E-state index contributed by atoms with van der Waals surface area (Å²) >= 11 is 0. The molecule has 0 N–H and O–H groups in total. The van der Waals surface area contributed by atoms with Crippen LogP contribution in [0, 0.1) is 12.8 Å². The molecule has 0 fully saturated rings. The molecule has 0 aromatic heterocycles. The fraction of sp³-hybridized carbons (Fsp3) is 0.500. The summed E-state index contributed by atoms with van der Waals surface area (Å²) in [5, 5.41) is 0. The smallest absolute Gasteiger partial charge is 0.212 e. The van der Waals surface area contributed by atoms with Crippen molar-refractivity contribution in [1.82, 2.24) is 0 Å². The second-order valence-electron chi connectivity index (χ2n) is 4.53. The Bertz CT molecular complexity index is 494. The van der Waals surface area contributed by atoms with Gasteiger partial charge in [0.15, 0.2) is 0 Å². The van der Waals surface area contributed by atoms with Gasteiger partial charge in [0.25, 0.3) is 0 Å². The van der Waals surface area contributed by atoms with Crippen LogP contribution in [0.4, 0.5) is 0 Å². The third-order valence-electron chi connectivity index (χ3n) is 3.25. The summed E-state index contributed by atoms with van der Waals surface area (Å²) in [6.45, 7) is 2.11. The van der Waals surface area contributed by atoms with Gasteiger partial charge in [0.1, 0.15) is 0 Å². The molecular weight excluding hydrogens is 244 g/mol. The van der Waals surface area contributed by atoms with Gasteiger partial charge in [0.2, 0.25) is 9.05 Å². The quantitative estimate of drug-likeness (QED) is 0.765. The first-order valence-electron chi connectivity index (χ1n) is 5.45. The van der Waals surface area contributed by atoms with Gasteiger partial charge in [-0.15, -0.1) is 0 Å². The van der Waals surface area contributed by atoms with Gasteiger partial charge in [-0.05, 0) is 48.8 Å². The molecular formula is C12H15ClO2S. The van der Waals surface area contributed by atoms with E-state index in [1.807, 2.05) is 6.07 Å². The first-order chi connectivity index (χ1) is 7.46. The van der Waals surface area contributed by atoms with E-state index >= 15 is 0 Å². The molecule has 0 amide bonds. The van der Waals surface area contributed by atoms with Crippen molar-refractivity contribution in [2.24, 2.45) is 5.92 Å². The zero-order chi connectivity index (χ0) is 11.8. The van der Waals surface area contributed by atoms with Crippen LogP contribution in [0.5, 0.6) is 0 Å². The lowest BCUT2D eigenvalue weighted by atomic mass is 9.83. The number of hydrogen-bond donors (Lipinski definition) is 0. The van der Waals surface area contributed by atoms with Crippen LogP contribution in [0.2, 0.25) is 0 Å². The number of fused-ring (bicyclic) bond motifs is 1. The predicted octanol–water partition coefficient (Wildman–Crippen LogP) is 2.67. The largest absolute Gasteiger partial charge is 0.232 e. The molecule has 0 saturated carbocycles. The minimum Gasteiger partial charge on any atom is -0.212 e. The Morgan fingerprint density at radius 1 is 1.44 bits per heavy atom. The number of benzene rings is 1. The number of rotatable bonds is 2. The van der Waals surface area contributed by atoms with Gasteiger partial charge in [-0.25, -0.2) is 8.42 Å². The monoisotopic (exact) mass is 258 g/mol. The predicted molar refractivity (Wildman–Crippen MR) is 66.3 cm³/mol. The molecule has 2 nitrogen and oxygen atoms in total. The molecule has 0 bridgehead atoms. The Balaban J connectivity index is 2.19. The molecule has 1 aromatic rings. The van der Waals surface area contributed by atoms with Gasteiger partial charge < -0.3 is 0 Å². The summed E-state index contributed by atoms with van der Waals surface area (Å²) in [6, 6.07) is 6.23. The van der Waals surface area contributed by atoms with Crippen LogP contribution in [0.1, 0.15) is 23.1 Å². The van der Waals surface area contributed by atoms with Crippen molar-refractivity contribution in [3.05, 3.63) is 34.9 Å². The van der Waals surface area contributed by atoms with Gasteiger partial charge in [0, 0.05) is 10.7 Å². The highest BCUT2D eigenvalue weighted by Crippen LogP contribution is 2.29. The molecule has 88 valence electrons. The normalized spacial score (nSPS) is 20.5. The highest BCUT2D eigenvalue weighted by Gasteiger charge is 2.23. The van der Waals surface area contributed by atoms with E-state index in [1.165, 1.54) is 16.7 Å². The first kappa shape index (κ1) is 11.9. The molecule has 1 atom stereocenters. The van der Waals surface area contributed by atoms with Crippen molar-refractivity contribution < 1.29 is 8.42 Å². The summed E-state index contributed by atoms with van der Waals surface area (Å²) in [5.41, 5.74) is 3.99. The molecule has 1 aliphatic carbocycles. The molecule has 0 saturated heterocycles. The van der Waals surface area contributed by atoms with Gasteiger partial charge in [-0.2, -0.15) is 0 Å². The lowest BCUT2D eigenvalue weighted by Gasteiger charge is -2.24. The second kappa shape index (κ2) is 4.38. The number of aryl methyl sites for hydroxylation is 1. The van der Waals surface area contributed by atoms with Crippen LogP contribution in [0.25, 0.3) is 0 Å². The second-order valence-corrected chi connectivity index (χ2v) is 7.35. The molecule has 2 rings (SSSR count). The van der Waals surface area contributed by atoms with E-state index in [0.29, 0.717) is 0 Å². The van der Waals surface area contributed by atoms with Crippen LogP contribution in [0.15, 0.2) is 18.2 Å². The molecule has 1 aromatic carbocycles. The van der Waals surface area contributed by atoms with Gasteiger partial charge in [0.05, 0.1) is 5.75 Å². The molecule has 0 aliphatic heterocycles. The van der Waals surface area contributed by atoms with Crippen LogP contribution in [-0.4, -0.2) is 14.2 Å². The molecule has 4 heteroatoms. The minimum atomic E-state index is -3.36. The molecule has 1 aliphatic rings. The molecule has 1 unspecified atom stereocenters. The van der Waals surface area contributed by atoms with Gasteiger partial charge >= 0.3 is 0 Å². The van der Waals surface area contributed by atoms with E-state index in [9.17, 15) is 8.42 Å². The van der Waals surface area contributed by atoms with E-state index < -0.39 is 9.05 Å². The van der Waals surface area contributed by atoms with Crippen molar-refractivity contribution in [3.63, 3.8) is 0 Å². The van der Waals surface area contributed by atoms with E-state index in [4.69, 9.17) is 10.7 Å². The Hall–Kier alpha value is -0.540. The van der Waals surface area contributed by atoms with Crippen molar-refractivity contribution >= 4 is 19.7 Å². The van der Waals surface area contributed by atoms with Crippen molar-refractivity contribution in [2.45, 2.75) is 26.2 Å². The number of hydrogen-bond acceptors (Lipinski definition) is 2. The summed E-state index contributed by atoms with van der Waals surface area (Å²) < 4.78 is 22.1. The average Bonchev–Trinajstić information content (AvgIpc) is 2.15. The minimum absolute atomic E-state index is 0.0991. The Morgan fingerprint density at radius 3 is 2.88 bits per heavy atom. The van der Waals surface area contributed by atoms with E-state index in [1.54, 1.807) is 0 Å². The third-order valence-corrected chi connectivity index (χ3v) is 4.50. The standard InChI is InChI=1S/C12H15ClO2S/c1-9-3-2-4-11-7-10(5-6-12(9)11)8-16(13,14)15/h2-4,10H,5-8H2,1H3. The van der Waals surface area contributed by atoms with Crippen LogP contribution >= 0.6 is 10.7 Å². The van der Waals surface area contributed by atoms with Gasteiger partial charge in [-0.1, -0.05) is 18.2 Å². The maximum Gasteiger partial charge on any atom is 0.232 e. The molecule has 0 radical (unpaired) electrons. The fourth-order valence-electron chi connectivity index (χ4n) is 2.50. The summed E-state index contributed by atoms with van der Waals surface area (Å²) in [7, 11) is 1.93. The maximum atomic E-state index is 11.0. The zero-order valence-electron chi connectivity index (χ0n) is 9.24. The van der Waals surface area contributed by atoms with E-state index in [0.717, 1.165) is 19.3 Å². The Morgan fingerprint density at radius 2 is 2.19 bits per heavy atom. The van der Waals surface area contributed by atoms with Crippen LogP contribution < -0.4 is 0 Å². The maximum absolute atomic E-state index is 11.0. The lowest BCUT2D eigenvalue weighted by Crippen LogP contribution is -2.21.